The molecule has 193 valence electrons. The van der Waals surface area contributed by atoms with Gasteiger partial charge < -0.3 is 20.0 Å². The molecule has 0 amide bonds. The number of aromatic nitrogens is 4. The Balaban J connectivity index is 0.000000138. The fourth-order valence-electron chi connectivity index (χ4n) is 3.80. The molecule has 0 saturated carbocycles. The number of hydrogen-bond acceptors (Lipinski definition) is 8. The summed E-state index contributed by atoms with van der Waals surface area (Å²) in [5.74, 6) is 0. The zero-order chi connectivity index (χ0) is 25.3. The largest absolute Gasteiger partial charge is 2.00 e. The summed E-state index contributed by atoms with van der Waals surface area (Å²) >= 11 is 6.36. The quantitative estimate of drug-likeness (QED) is 0.187. The van der Waals surface area contributed by atoms with Gasteiger partial charge in [0.05, 0.1) is 20.4 Å². The first kappa shape index (κ1) is 25.8. The Labute approximate surface area is 248 Å². The average Bonchev–Trinajstić information content (AvgIpc) is 3.71. The van der Waals surface area contributed by atoms with E-state index in [-0.39, 0.29) is 17.1 Å². The van der Waals surface area contributed by atoms with Gasteiger partial charge in [0.15, 0.2) is 0 Å². The summed E-state index contributed by atoms with van der Waals surface area (Å²) in [4.78, 5) is 28.6. The molecule has 0 fully saturated rings. The summed E-state index contributed by atoms with van der Waals surface area (Å²) in [6, 6.07) is 32.3. The molecule has 4 aromatic carbocycles. The van der Waals surface area contributed by atoms with E-state index in [1.807, 2.05) is 72.8 Å². The standard InChI is InChI=1S/2C14H8N3S2.Cu/c2*1-3-7-11-9(5-1)15-13(18-11)17-14-16-10-6-2-4-8-12(10)19-14;/h2*1-8H;/q2*-1;+2. The summed E-state index contributed by atoms with van der Waals surface area (Å²) in [6.07, 6.45) is 0. The second kappa shape index (κ2) is 11.4. The van der Waals surface area contributed by atoms with Gasteiger partial charge >= 0.3 is 17.1 Å². The Kier molecular flexibility index (Phi) is 7.51. The van der Waals surface area contributed by atoms with Gasteiger partial charge in [0.25, 0.3) is 0 Å². The third kappa shape index (κ3) is 5.65. The molecule has 6 nitrogen and oxygen atoms in total. The van der Waals surface area contributed by atoms with Crippen LogP contribution in [0.2, 0.25) is 0 Å². The van der Waals surface area contributed by atoms with Gasteiger partial charge in [-0.25, -0.2) is 9.97 Å². The Hall–Kier alpha value is -3.44. The molecule has 39 heavy (non-hydrogen) atoms. The molecule has 0 aliphatic heterocycles. The normalized spacial score (nSPS) is 12.2. The minimum absolute atomic E-state index is 0. The number of nitrogens with zero attached hydrogens (tertiary/aromatic N) is 6. The second-order valence-electron chi connectivity index (χ2n) is 8.08. The van der Waals surface area contributed by atoms with Gasteiger partial charge in [0.1, 0.15) is 10.3 Å². The monoisotopic (exact) mass is 627 g/mol. The van der Waals surface area contributed by atoms with Crippen molar-refractivity contribution in [1.29, 1.82) is 0 Å². The molecular weight excluding hydrogens is 612 g/mol. The van der Waals surface area contributed by atoms with E-state index in [2.05, 4.69) is 54.2 Å². The van der Waals surface area contributed by atoms with Crippen LogP contribution in [0.15, 0.2) is 107 Å². The fraction of sp³-hybridized carbons (Fsp3) is 0. The van der Waals surface area contributed by atoms with Crippen LogP contribution in [0.4, 0.5) is 10.3 Å². The number of rotatable bonds is 2. The van der Waals surface area contributed by atoms with Crippen LogP contribution in [0, 0.1) is 0 Å². The molecule has 0 N–H and O–H groups in total. The molecule has 8 rings (SSSR count). The topological polar surface area (TPSA) is 78.7 Å². The molecule has 0 atom stereocenters. The Morgan fingerprint density at radius 3 is 1.26 bits per heavy atom. The minimum atomic E-state index is 0. The third-order valence-electron chi connectivity index (χ3n) is 5.51. The fourth-order valence-corrected chi connectivity index (χ4v) is 7.26. The summed E-state index contributed by atoms with van der Waals surface area (Å²) in [5, 5.41) is 1.53. The molecule has 8 aromatic rings. The van der Waals surface area contributed by atoms with E-state index in [0.29, 0.717) is 0 Å². The molecule has 11 heteroatoms. The van der Waals surface area contributed by atoms with Gasteiger partial charge in [-0.05, 0) is 47.4 Å². The van der Waals surface area contributed by atoms with Crippen molar-refractivity contribution in [3.63, 3.8) is 0 Å². The predicted octanol–water partition coefficient (Wildman–Crippen LogP) is 7.40. The van der Waals surface area contributed by atoms with E-state index in [1.165, 1.54) is 0 Å². The van der Waals surface area contributed by atoms with Gasteiger partial charge in [0, 0.05) is 19.0 Å². The van der Waals surface area contributed by atoms with Crippen LogP contribution >= 0.6 is 45.3 Å². The first-order valence-corrected chi connectivity index (χ1v) is 14.9. The predicted molar refractivity (Wildman–Crippen MR) is 160 cm³/mol. The average molecular weight is 628 g/mol. The summed E-state index contributed by atoms with van der Waals surface area (Å²) in [6.45, 7) is 0. The van der Waals surface area contributed by atoms with Crippen LogP contribution in [0.3, 0.4) is 0 Å². The van der Waals surface area contributed by atoms with Crippen LogP contribution in [0.25, 0.3) is 40.9 Å². The number of para-hydroxylation sites is 4. The second-order valence-corrected chi connectivity index (χ2v) is 12.1. The SMILES string of the molecule is [Cu+2].c1ccc2sc(N=c3[n-]c4ccccc4s3)nc2c1.c1ccc2sc(N=c3[n-]c4ccccc4s3)nc2c1. The molecule has 0 saturated heterocycles. The summed E-state index contributed by atoms with van der Waals surface area (Å²) in [7, 11) is 0. The van der Waals surface area contributed by atoms with Gasteiger partial charge in [-0.3, -0.25) is 0 Å². The van der Waals surface area contributed by atoms with E-state index >= 15 is 0 Å². The molecule has 4 heterocycles. The van der Waals surface area contributed by atoms with Gasteiger partial charge in [-0.15, -0.1) is 45.3 Å². The van der Waals surface area contributed by atoms with Crippen molar-refractivity contribution in [2.24, 2.45) is 9.98 Å². The van der Waals surface area contributed by atoms with Crippen LogP contribution in [0.5, 0.6) is 0 Å². The Morgan fingerprint density at radius 1 is 0.462 bits per heavy atom. The van der Waals surface area contributed by atoms with Gasteiger partial charge in [-0.2, -0.15) is 0 Å². The van der Waals surface area contributed by atoms with Crippen molar-refractivity contribution < 1.29 is 17.1 Å². The first-order valence-electron chi connectivity index (χ1n) is 11.6. The van der Waals surface area contributed by atoms with E-state index in [9.17, 15) is 0 Å². The van der Waals surface area contributed by atoms with E-state index < -0.39 is 0 Å². The number of thiazole rings is 4. The number of fused-ring (bicyclic) bond motifs is 4. The number of benzene rings is 4. The molecule has 0 aliphatic carbocycles. The molecule has 0 bridgehead atoms. The molecule has 1 radical (unpaired) electrons. The maximum absolute atomic E-state index is 4.53. The maximum Gasteiger partial charge on any atom is 2.00 e. The van der Waals surface area contributed by atoms with Crippen molar-refractivity contribution in [2.75, 3.05) is 0 Å². The zero-order valence-corrected chi connectivity index (χ0v) is 24.1. The van der Waals surface area contributed by atoms with E-state index in [0.717, 1.165) is 60.7 Å². The maximum atomic E-state index is 4.53. The molecule has 4 aromatic heterocycles. The zero-order valence-electron chi connectivity index (χ0n) is 19.9. The van der Waals surface area contributed by atoms with Crippen molar-refractivity contribution in [2.45, 2.75) is 0 Å². The van der Waals surface area contributed by atoms with Crippen LogP contribution in [-0.4, -0.2) is 9.97 Å². The molecular formula is C28H16CuN6S4. The third-order valence-corrected chi connectivity index (χ3v) is 9.23. The molecule has 0 spiro atoms. The Morgan fingerprint density at radius 2 is 0.846 bits per heavy atom. The van der Waals surface area contributed by atoms with Crippen molar-refractivity contribution in [3.05, 3.63) is 107 Å². The first-order chi connectivity index (χ1) is 18.8. The smallest absolute Gasteiger partial charge is 0.426 e. The summed E-state index contributed by atoms with van der Waals surface area (Å²) < 4.78 is 4.62. The Bertz CT molecular complexity index is 1880. The number of hydrogen-bond donors (Lipinski definition) is 0. The van der Waals surface area contributed by atoms with E-state index in [4.69, 9.17) is 0 Å². The van der Waals surface area contributed by atoms with Crippen molar-refractivity contribution in [1.82, 2.24) is 19.9 Å². The molecule has 0 aliphatic rings. The molecule has 0 unspecified atom stereocenters. The van der Waals surface area contributed by atoms with Crippen LogP contribution < -0.4 is 19.6 Å². The van der Waals surface area contributed by atoms with Crippen molar-refractivity contribution >= 4 is 96.5 Å². The van der Waals surface area contributed by atoms with E-state index in [1.54, 1.807) is 45.3 Å². The van der Waals surface area contributed by atoms with Crippen molar-refractivity contribution in [3.8, 4) is 0 Å². The van der Waals surface area contributed by atoms with Crippen LogP contribution in [-0.2, 0) is 17.1 Å². The van der Waals surface area contributed by atoms with Crippen LogP contribution in [0.1, 0.15) is 0 Å². The summed E-state index contributed by atoms with van der Waals surface area (Å²) in [5.41, 5.74) is 3.97. The van der Waals surface area contributed by atoms with Gasteiger partial charge in [0.2, 0.25) is 0 Å². The van der Waals surface area contributed by atoms with Gasteiger partial charge in [-0.1, -0.05) is 60.7 Å². The minimum Gasteiger partial charge on any atom is -0.426 e.